The molecule has 1 atom stereocenters. The van der Waals surface area contributed by atoms with E-state index in [1.54, 1.807) is 19.1 Å². The van der Waals surface area contributed by atoms with E-state index in [2.05, 4.69) is 10.1 Å². The second-order valence-electron chi connectivity index (χ2n) is 3.88. The number of alkyl halides is 2. The molecule has 0 aromatic heterocycles. The summed E-state index contributed by atoms with van der Waals surface area (Å²) in [6.07, 6.45) is 0. The van der Waals surface area contributed by atoms with E-state index < -0.39 is 18.6 Å². The summed E-state index contributed by atoms with van der Waals surface area (Å²) in [4.78, 5) is 11.7. The summed E-state index contributed by atoms with van der Waals surface area (Å²) < 4.78 is 33.6. The minimum atomic E-state index is -2.97. The third-order valence-corrected chi connectivity index (χ3v) is 2.38. The third-order valence-electron chi connectivity index (χ3n) is 2.38. The number of halogens is 2. The SMILES string of the molecule is COCC(N)C(=O)Nc1c(C)cccc1OC(F)F. The first-order valence-electron chi connectivity index (χ1n) is 5.55. The number of carbonyl (C=O) groups is 1. The molecule has 0 saturated carbocycles. The molecule has 0 radical (unpaired) electrons. The third kappa shape index (κ3) is 4.46. The largest absolute Gasteiger partial charge is 0.433 e. The van der Waals surface area contributed by atoms with Crippen molar-refractivity contribution < 1.29 is 23.0 Å². The quantitative estimate of drug-likeness (QED) is 0.824. The van der Waals surface area contributed by atoms with Crippen LogP contribution < -0.4 is 15.8 Å². The van der Waals surface area contributed by atoms with Crippen molar-refractivity contribution in [2.24, 2.45) is 5.73 Å². The van der Waals surface area contributed by atoms with Gasteiger partial charge in [0.05, 0.1) is 12.3 Å². The highest BCUT2D eigenvalue weighted by Gasteiger charge is 2.18. The molecule has 0 aliphatic rings. The van der Waals surface area contributed by atoms with Crippen molar-refractivity contribution in [3.63, 3.8) is 0 Å². The van der Waals surface area contributed by atoms with Crippen LogP contribution in [0.5, 0.6) is 5.75 Å². The fourth-order valence-electron chi connectivity index (χ4n) is 1.47. The fourth-order valence-corrected chi connectivity index (χ4v) is 1.47. The Labute approximate surface area is 109 Å². The minimum Gasteiger partial charge on any atom is -0.433 e. The molecule has 0 heterocycles. The molecule has 1 aromatic carbocycles. The predicted octanol–water partition coefficient (Wildman–Crippen LogP) is 1.51. The molecule has 0 aliphatic carbocycles. The number of para-hydroxylation sites is 1. The van der Waals surface area contributed by atoms with Crippen molar-refractivity contribution in [3.8, 4) is 5.75 Å². The highest BCUT2D eigenvalue weighted by molar-refractivity contribution is 5.96. The van der Waals surface area contributed by atoms with Gasteiger partial charge in [-0.15, -0.1) is 0 Å². The van der Waals surface area contributed by atoms with Crippen LogP contribution in [-0.4, -0.2) is 32.3 Å². The smallest absolute Gasteiger partial charge is 0.387 e. The molecule has 1 amide bonds. The molecule has 19 heavy (non-hydrogen) atoms. The Hall–Kier alpha value is -1.73. The number of benzene rings is 1. The van der Waals surface area contributed by atoms with E-state index in [9.17, 15) is 13.6 Å². The van der Waals surface area contributed by atoms with E-state index in [4.69, 9.17) is 10.5 Å². The van der Waals surface area contributed by atoms with Crippen LogP contribution in [0.2, 0.25) is 0 Å². The van der Waals surface area contributed by atoms with Crippen LogP contribution in [0.1, 0.15) is 5.56 Å². The Morgan fingerprint density at radius 3 is 2.74 bits per heavy atom. The number of nitrogens with two attached hydrogens (primary N) is 1. The average Bonchev–Trinajstić information content (AvgIpc) is 2.33. The molecule has 0 aliphatic heterocycles. The van der Waals surface area contributed by atoms with Gasteiger partial charge in [0.25, 0.3) is 0 Å². The monoisotopic (exact) mass is 274 g/mol. The van der Waals surface area contributed by atoms with Crippen LogP contribution in [0, 0.1) is 6.92 Å². The number of carbonyl (C=O) groups excluding carboxylic acids is 1. The van der Waals surface area contributed by atoms with Crippen LogP contribution >= 0.6 is 0 Å². The van der Waals surface area contributed by atoms with Gasteiger partial charge in [-0.2, -0.15) is 8.78 Å². The number of anilines is 1. The number of aryl methyl sites for hydroxylation is 1. The van der Waals surface area contributed by atoms with Gasteiger partial charge in [0.2, 0.25) is 5.91 Å². The van der Waals surface area contributed by atoms with Crippen molar-refractivity contribution in [2.75, 3.05) is 19.0 Å². The lowest BCUT2D eigenvalue weighted by Gasteiger charge is -2.16. The van der Waals surface area contributed by atoms with Gasteiger partial charge in [0.1, 0.15) is 11.8 Å². The van der Waals surface area contributed by atoms with Gasteiger partial charge in [-0.05, 0) is 18.6 Å². The lowest BCUT2D eigenvalue weighted by molar-refractivity contribution is -0.118. The van der Waals surface area contributed by atoms with Gasteiger partial charge in [0.15, 0.2) is 0 Å². The van der Waals surface area contributed by atoms with Crippen LogP contribution in [-0.2, 0) is 9.53 Å². The zero-order chi connectivity index (χ0) is 14.4. The van der Waals surface area contributed by atoms with E-state index in [0.29, 0.717) is 5.56 Å². The molecular formula is C12H16F2N2O3. The number of amides is 1. The molecule has 3 N–H and O–H groups in total. The van der Waals surface area contributed by atoms with Gasteiger partial charge >= 0.3 is 6.61 Å². The molecule has 0 spiro atoms. The number of methoxy groups -OCH3 is 1. The van der Waals surface area contributed by atoms with E-state index in [-0.39, 0.29) is 18.0 Å². The lowest BCUT2D eigenvalue weighted by atomic mass is 10.1. The topological polar surface area (TPSA) is 73.6 Å². The Morgan fingerprint density at radius 1 is 1.47 bits per heavy atom. The zero-order valence-electron chi connectivity index (χ0n) is 10.7. The molecular weight excluding hydrogens is 258 g/mol. The van der Waals surface area contributed by atoms with E-state index in [1.165, 1.54) is 13.2 Å². The van der Waals surface area contributed by atoms with Crippen molar-refractivity contribution in [1.29, 1.82) is 0 Å². The average molecular weight is 274 g/mol. The highest BCUT2D eigenvalue weighted by atomic mass is 19.3. The maximum Gasteiger partial charge on any atom is 0.387 e. The van der Waals surface area contributed by atoms with Crippen molar-refractivity contribution in [1.82, 2.24) is 0 Å². The molecule has 1 unspecified atom stereocenters. The second kappa shape index (κ2) is 7.01. The minimum absolute atomic E-state index is 0.0305. The molecule has 0 bridgehead atoms. The number of hydrogen-bond acceptors (Lipinski definition) is 4. The summed E-state index contributed by atoms with van der Waals surface area (Å²) in [5.74, 6) is -0.636. The maximum absolute atomic E-state index is 12.3. The first kappa shape index (κ1) is 15.3. The Kier molecular flexibility index (Phi) is 5.65. The first-order chi connectivity index (χ1) is 8.95. The molecule has 106 valence electrons. The predicted molar refractivity (Wildman–Crippen MR) is 66.3 cm³/mol. The van der Waals surface area contributed by atoms with Crippen LogP contribution in [0.4, 0.5) is 14.5 Å². The lowest BCUT2D eigenvalue weighted by Crippen LogP contribution is -2.39. The Balaban J connectivity index is 2.89. The molecule has 0 fully saturated rings. The molecule has 7 heteroatoms. The number of hydrogen-bond donors (Lipinski definition) is 2. The van der Waals surface area contributed by atoms with Crippen molar-refractivity contribution in [3.05, 3.63) is 23.8 Å². The van der Waals surface area contributed by atoms with E-state index >= 15 is 0 Å². The van der Waals surface area contributed by atoms with Gasteiger partial charge < -0.3 is 20.5 Å². The number of ether oxygens (including phenoxy) is 2. The van der Waals surface area contributed by atoms with Crippen LogP contribution in [0.15, 0.2) is 18.2 Å². The van der Waals surface area contributed by atoms with Gasteiger partial charge in [-0.25, -0.2) is 0 Å². The summed E-state index contributed by atoms with van der Waals surface area (Å²) in [6.45, 7) is -1.27. The summed E-state index contributed by atoms with van der Waals surface area (Å²) >= 11 is 0. The fraction of sp³-hybridized carbons (Fsp3) is 0.417. The summed E-state index contributed by atoms with van der Waals surface area (Å²) in [5, 5.41) is 2.47. The van der Waals surface area contributed by atoms with Gasteiger partial charge in [-0.1, -0.05) is 12.1 Å². The summed E-state index contributed by atoms with van der Waals surface area (Å²) in [7, 11) is 1.41. The second-order valence-corrected chi connectivity index (χ2v) is 3.88. The Morgan fingerprint density at radius 2 is 2.16 bits per heavy atom. The summed E-state index contributed by atoms with van der Waals surface area (Å²) in [6, 6.07) is 3.67. The first-order valence-corrected chi connectivity index (χ1v) is 5.55. The zero-order valence-corrected chi connectivity index (χ0v) is 10.7. The molecule has 0 saturated heterocycles. The van der Waals surface area contributed by atoms with Crippen LogP contribution in [0.25, 0.3) is 0 Å². The highest BCUT2D eigenvalue weighted by Crippen LogP contribution is 2.29. The number of rotatable bonds is 6. The van der Waals surface area contributed by atoms with E-state index in [1.807, 2.05) is 0 Å². The van der Waals surface area contributed by atoms with Crippen LogP contribution in [0.3, 0.4) is 0 Å². The number of nitrogens with one attached hydrogen (secondary N) is 1. The normalized spacial score (nSPS) is 12.3. The molecule has 5 nitrogen and oxygen atoms in total. The molecule has 1 rings (SSSR count). The standard InChI is InChI=1S/C12H16F2N2O3/c1-7-4-3-5-9(19-12(13)14)10(7)16-11(17)8(15)6-18-2/h3-5,8,12H,6,15H2,1-2H3,(H,16,17). The van der Waals surface area contributed by atoms with Crippen molar-refractivity contribution >= 4 is 11.6 Å². The van der Waals surface area contributed by atoms with Gasteiger partial charge in [0, 0.05) is 7.11 Å². The van der Waals surface area contributed by atoms with Gasteiger partial charge in [-0.3, -0.25) is 4.79 Å². The Bertz CT molecular complexity index is 441. The van der Waals surface area contributed by atoms with E-state index in [0.717, 1.165) is 0 Å². The summed E-state index contributed by atoms with van der Waals surface area (Å²) in [5.41, 5.74) is 6.32. The van der Waals surface area contributed by atoms with Crippen molar-refractivity contribution in [2.45, 2.75) is 19.6 Å². The maximum atomic E-state index is 12.3. The molecule has 1 aromatic rings.